The Kier molecular flexibility index (Phi) is 6.02. The molecule has 0 radical (unpaired) electrons. The van der Waals surface area contributed by atoms with Crippen molar-refractivity contribution in [3.05, 3.63) is 29.8 Å². The normalized spacial score (nSPS) is 12.3. The van der Waals surface area contributed by atoms with Crippen LogP contribution in [0.3, 0.4) is 0 Å². The molecule has 1 rings (SSSR count). The summed E-state index contributed by atoms with van der Waals surface area (Å²) in [5.74, 6) is -0.147. The topological polar surface area (TPSA) is 109 Å². The first-order valence-corrected chi connectivity index (χ1v) is 9.61. The van der Waals surface area contributed by atoms with Gasteiger partial charge in [-0.05, 0) is 12.1 Å². The fraction of sp³-hybridized carbons (Fsp3) is 0.417. The van der Waals surface area contributed by atoms with E-state index in [0.29, 0.717) is 5.56 Å². The van der Waals surface area contributed by atoms with E-state index in [1.165, 1.54) is 18.2 Å². The van der Waals surface area contributed by atoms with E-state index >= 15 is 0 Å². The summed E-state index contributed by atoms with van der Waals surface area (Å²) >= 11 is 0. The monoisotopic (exact) mass is 334 g/mol. The van der Waals surface area contributed by atoms with Gasteiger partial charge in [-0.15, -0.1) is 0 Å². The van der Waals surface area contributed by atoms with Crippen molar-refractivity contribution in [2.24, 2.45) is 0 Å². The number of hydrogen-bond acceptors (Lipinski definition) is 5. The molecular formula is C12H18N2O5S2. The van der Waals surface area contributed by atoms with Gasteiger partial charge < -0.3 is 0 Å². The van der Waals surface area contributed by atoms with Crippen LogP contribution in [0.1, 0.15) is 23.7 Å². The number of carbonyl (C=O) groups is 1. The predicted octanol–water partition coefficient (Wildman–Crippen LogP) is 0.107. The number of nitrogens with one attached hydrogen (secondary N) is 2. The van der Waals surface area contributed by atoms with Crippen LogP contribution in [0.5, 0.6) is 0 Å². The Morgan fingerprint density at radius 1 is 1.10 bits per heavy atom. The Labute approximate surface area is 124 Å². The number of ketones is 1. The number of Topliss-reactive ketones (excluding diaryl/α,β-unsaturated/α-hetero) is 1. The zero-order valence-corrected chi connectivity index (χ0v) is 13.4. The number of sulfonamides is 2. The standard InChI is InChI=1S/C12H18N2O5S2/c1-3-12(15)10-5-4-6-11(9-10)21(18,19)14-8-7-13-20(2,16)17/h4-6,9,13-14H,3,7-8H2,1-2H3. The van der Waals surface area contributed by atoms with Gasteiger partial charge in [0.15, 0.2) is 5.78 Å². The minimum Gasteiger partial charge on any atom is -0.294 e. The van der Waals surface area contributed by atoms with Gasteiger partial charge in [0, 0.05) is 25.1 Å². The van der Waals surface area contributed by atoms with Crippen molar-refractivity contribution in [2.45, 2.75) is 18.2 Å². The summed E-state index contributed by atoms with van der Waals surface area (Å²) in [5.41, 5.74) is 0.328. The largest absolute Gasteiger partial charge is 0.294 e. The molecule has 0 aliphatic rings. The summed E-state index contributed by atoms with van der Waals surface area (Å²) in [5, 5.41) is 0. The van der Waals surface area contributed by atoms with Gasteiger partial charge in [-0.2, -0.15) is 0 Å². The molecule has 0 saturated heterocycles. The van der Waals surface area contributed by atoms with Crippen LogP contribution in [-0.4, -0.2) is 42.0 Å². The zero-order valence-electron chi connectivity index (χ0n) is 11.8. The summed E-state index contributed by atoms with van der Waals surface area (Å²) in [6.07, 6.45) is 1.27. The van der Waals surface area contributed by atoms with Crippen LogP contribution in [0, 0.1) is 0 Å². The molecule has 0 unspecified atom stereocenters. The average molecular weight is 334 g/mol. The molecule has 0 fully saturated rings. The van der Waals surface area contributed by atoms with Crippen molar-refractivity contribution in [1.29, 1.82) is 0 Å². The summed E-state index contributed by atoms with van der Waals surface area (Å²) in [6, 6.07) is 5.72. The quantitative estimate of drug-likeness (QED) is 0.518. The highest BCUT2D eigenvalue weighted by atomic mass is 32.2. The lowest BCUT2D eigenvalue weighted by atomic mass is 10.1. The van der Waals surface area contributed by atoms with Gasteiger partial charge in [-0.1, -0.05) is 19.1 Å². The van der Waals surface area contributed by atoms with E-state index in [1.54, 1.807) is 13.0 Å². The average Bonchev–Trinajstić information content (AvgIpc) is 2.42. The van der Waals surface area contributed by atoms with Crippen LogP contribution in [0.4, 0.5) is 0 Å². The maximum Gasteiger partial charge on any atom is 0.240 e. The molecule has 0 spiro atoms. The lowest BCUT2D eigenvalue weighted by molar-refractivity contribution is 0.0988. The highest BCUT2D eigenvalue weighted by molar-refractivity contribution is 7.89. The highest BCUT2D eigenvalue weighted by Crippen LogP contribution is 2.12. The van der Waals surface area contributed by atoms with Crippen molar-refractivity contribution in [3.63, 3.8) is 0 Å². The first-order chi connectivity index (χ1) is 9.65. The molecule has 0 bridgehead atoms. The van der Waals surface area contributed by atoms with Crippen LogP contribution >= 0.6 is 0 Å². The zero-order chi connectivity index (χ0) is 16.1. The summed E-state index contributed by atoms with van der Waals surface area (Å²) in [4.78, 5) is 11.5. The number of carbonyl (C=O) groups excluding carboxylic acids is 1. The Hall–Kier alpha value is -1.29. The maximum absolute atomic E-state index is 12.0. The molecule has 0 aromatic heterocycles. The molecule has 0 aliphatic carbocycles. The van der Waals surface area contributed by atoms with E-state index in [2.05, 4.69) is 9.44 Å². The minimum atomic E-state index is -3.78. The molecule has 0 amide bonds. The summed E-state index contributed by atoms with van der Waals surface area (Å²) < 4.78 is 50.2. The van der Waals surface area contributed by atoms with Gasteiger partial charge in [0.25, 0.3) is 0 Å². The molecule has 1 aromatic rings. The van der Waals surface area contributed by atoms with Gasteiger partial charge in [0.05, 0.1) is 11.2 Å². The van der Waals surface area contributed by atoms with Crippen molar-refractivity contribution in [1.82, 2.24) is 9.44 Å². The van der Waals surface area contributed by atoms with E-state index in [4.69, 9.17) is 0 Å². The van der Waals surface area contributed by atoms with Gasteiger partial charge in [-0.25, -0.2) is 26.3 Å². The molecule has 7 nitrogen and oxygen atoms in total. The Morgan fingerprint density at radius 3 is 2.29 bits per heavy atom. The highest BCUT2D eigenvalue weighted by Gasteiger charge is 2.15. The third-order valence-electron chi connectivity index (χ3n) is 2.57. The van der Waals surface area contributed by atoms with E-state index < -0.39 is 20.0 Å². The van der Waals surface area contributed by atoms with Crippen LogP contribution < -0.4 is 9.44 Å². The molecule has 0 aliphatic heterocycles. The molecule has 0 saturated carbocycles. The van der Waals surface area contributed by atoms with Crippen molar-refractivity contribution < 1.29 is 21.6 Å². The number of benzene rings is 1. The van der Waals surface area contributed by atoms with Crippen LogP contribution in [0.25, 0.3) is 0 Å². The van der Waals surface area contributed by atoms with Crippen molar-refractivity contribution in [3.8, 4) is 0 Å². The van der Waals surface area contributed by atoms with Crippen molar-refractivity contribution >= 4 is 25.8 Å². The molecular weight excluding hydrogens is 316 g/mol. The number of hydrogen-bond donors (Lipinski definition) is 2. The van der Waals surface area contributed by atoms with Gasteiger partial charge in [0.2, 0.25) is 20.0 Å². The second-order valence-electron chi connectivity index (χ2n) is 4.37. The van der Waals surface area contributed by atoms with E-state index in [-0.39, 0.29) is 30.2 Å². The molecule has 2 N–H and O–H groups in total. The third kappa shape index (κ3) is 5.92. The Bertz CT molecular complexity index is 711. The summed E-state index contributed by atoms with van der Waals surface area (Å²) in [6.45, 7) is 1.56. The second-order valence-corrected chi connectivity index (χ2v) is 7.97. The van der Waals surface area contributed by atoms with E-state index in [9.17, 15) is 21.6 Å². The van der Waals surface area contributed by atoms with Gasteiger partial charge in [-0.3, -0.25) is 4.79 Å². The van der Waals surface area contributed by atoms with E-state index in [1.807, 2.05) is 0 Å². The maximum atomic E-state index is 12.0. The number of rotatable bonds is 8. The second kappa shape index (κ2) is 7.12. The fourth-order valence-electron chi connectivity index (χ4n) is 1.55. The lowest BCUT2D eigenvalue weighted by Gasteiger charge is -2.08. The predicted molar refractivity (Wildman–Crippen MR) is 79.1 cm³/mol. The Morgan fingerprint density at radius 2 is 1.71 bits per heavy atom. The lowest BCUT2D eigenvalue weighted by Crippen LogP contribution is -2.34. The molecule has 0 atom stereocenters. The summed E-state index contributed by atoms with van der Waals surface area (Å²) in [7, 11) is -7.14. The van der Waals surface area contributed by atoms with Crippen LogP contribution in [0.15, 0.2) is 29.2 Å². The van der Waals surface area contributed by atoms with E-state index in [0.717, 1.165) is 6.26 Å². The van der Waals surface area contributed by atoms with Gasteiger partial charge in [0.1, 0.15) is 0 Å². The molecule has 9 heteroatoms. The molecule has 1 aromatic carbocycles. The van der Waals surface area contributed by atoms with Crippen LogP contribution in [0.2, 0.25) is 0 Å². The Balaban J connectivity index is 2.77. The molecule has 0 heterocycles. The fourth-order valence-corrected chi connectivity index (χ4v) is 3.10. The third-order valence-corrected chi connectivity index (χ3v) is 4.76. The van der Waals surface area contributed by atoms with Gasteiger partial charge >= 0.3 is 0 Å². The van der Waals surface area contributed by atoms with Crippen LogP contribution in [-0.2, 0) is 20.0 Å². The van der Waals surface area contributed by atoms with Crippen molar-refractivity contribution in [2.75, 3.05) is 19.3 Å². The molecule has 118 valence electrons. The molecule has 21 heavy (non-hydrogen) atoms. The SMILES string of the molecule is CCC(=O)c1cccc(S(=O)(=O)NCCNS(C)(=O)=O)c1. The first-order valence-electron chi connectivity index (χ1n) is 6.23. The minimum absolute atomic E-state index is 0.0267. The smallest absolute Gasteiger partial charge is 0.240 e. The first kappa shape index (κ1) is 17.8.